The van der Waals surface area contributed by atoms with Crippen molar-refractivity contribution in [2.45, 2.75) is 18.9 Å². The summed E-state index contributed by atoms with van der Waals surface area (Å²) in [6.07, 6.45) is 1.74. The number of benzene rings is 3. The third-order valence-corrected chi connectivity index (χ3v) is 4.65. The molecule has 3 N–H and O–H groups in total. The van der Waals surface area contributed by atoms with Crippen LogP contribution in [0, 0.1) is 0 Å². The maximum atomic E-state index is 9.82. The van der Waals surface area contributed by atoms with E-state index in [9.17, 15) is 10.2 Å². The van der Waals surface area contributed by atoms with Gasteiger partial charge >= 0.3 is 0 Å². The number of nitrogens with one attached hydrogen (secondary N) is 1. The van der Waals surface area contributed by atoms with Gasteiger partial charge in [0, 0.05) is 6.04 Å². The highest BCUT2D eigenvalue weighted by Gasteiger charge is 2.22. The maximum absolute atomic E-state index is 9.82. The Bertz CT molecular complexity index is 879. The lowest BCUT2D eigenvalue weighted by atomic mass is 9.89. The van der Waals surface area contributed by atoms with E-state index >= 15 is 0 Å². The number of fused-ring (bicyclic) bond motifs is 2. The molecule has 0 bridgehead atoms. The fourth-order valence-electron chi connectivity index (χ4n) is 3.45. The minimum atomic E-state index is -0.0454. The summed E-state index contributed by atoms with van der Waals surface area (Å²) in [4.78, 5) is 0. The van der Waals surface area contributed by atoms with E-state index in [0.29, 0.717) is 0 Å². The summed E-state index contributed by atoms with van der Waals surface area (Å²) < 4.78 is 0. The van der Waals surface area contributed by atoms with Crippen LogP contribution in [0.5, 0.6) is 11.5 Å². The fourth-order valence-corrected chi connectivity index (χ4v) is 3.45. The molecular formula is C20H20BrNO2. The van der Waals surface area contributed by atoms with Gasteiger partial charge in [0.2, 0.25) is 0 Å². The van der Waals surface area contributed by atoms with Gasteiger partial charge in [-0.25, -0.2) is 0 Å². The molecule has 0 aliphatic carbocycles. The van der Waals surface area contributed by atoms with Gasteiger partial charge in [0.05, 0.1) is 0 Å². The summed E-state index contributed by atoms with van der Waals surface area (Å²) in [6.45, 7) is 0.884. The Balaban J connectivity index is 0.00000169. The van der Waals surface area contributed by atoms with Crippen molar-refractivity contribution in [2.75, 3.05) is 6.54 Å². The van der Waals surface area contributed by atoms with E-state index in [-0.39, 0.29) is 34.5 Å². The summed E-state index contributed by atoms with van der Waals surface area (Å²) in [7, 11) is 0. The predicted octanol–water partition coefficient (Wildman–Crippen LogP) is 4.26. The van der Waals surface area contributed by atoms with Crippen LogP contribution in [0.3, 0.4) is 0 Å². The monoisotopic (exact) mass is 385 g/mol. The largest absolute Gasteiger partial charge is 0.504 e. The van der Waals surface area contributed by atoms with Crippen molar-refractivity contribution in [1.29, 1.82) is 0 Å². The molecule has 3 nitrogen and oxygen atoms in total. The number of halogens is 1. The first-order chi connectivity index (χ1) is 11.2. The topological polar surface area (TPSA) is 52.5 Å². The Morgan fingerprint density at radius 1 is 0.917 bits per heavy atom. The molecule has 4 heteroatoms. The summed E-state index contributed by atoms with van der Waals surface area (Å²) in [6, 6.07) is 18.5. The van der Waals surface area contributed by atoms with Crippen molar-refractivity contribution in [3.63, 3.8) is 0 Å². The first-order valence-corrected chi connectivity index (χ1v) is 7.96. The Hall–Kier alpha value is -2.04. The zero-order chi connectivity index (χ0) is 15.8. The van der Waals surface area contributed by atoms with Crippen molar-refractivity contribution in [3.05, 3.63) is 71.3 Å². The number of hydrogen-bond donors (Lipinski definition) is 3. The van der Waals surface area contributed by atoms with Gasteiger partial charge in [-0.2, -0.15) is 0 Å². The fraction of sp³-hybridized carbons (Fsp3) is 0.200. The van der Waals surface area contributed by atoms with E-state index in [1.54, 1.807) is 12.1 Å². The summed E-state index contributed by atoms with van der Waals surface area (Å²) >= 11 is 0. The van der Waals surface area contributed by atoms with Gasteiger partial charge in [-0.15, -0.1) is 17.0 Å². The van der Waals surface area contributed by atoms with Crippen LogP contribution in [0.25, 0.3) is 10.8 Å². The summed E-state index contributed by atoms with van der Waals surface area (Å²) in [5.74, 6) is -0.0777. The van der Waals surface area contributed by atoms with E-state index in [4.69, 9.17) is 0 Å². The second-order valence-electron chi connectivity index (χ2n) is 6.18. The van der Waals surface area contributed by atoms with Crippen LogP contribution < -0.4 is 5.32 Å². The van der Waals surface area contributed by atoms with E-state index in [1.165, 1.54) is 16.3 Å². The van der Waals surface area contributed by atoms with Gasteiger partial charge in [-0.05, 0) is 59.0 Å². The SMILES string of the molecule is Br.Oc1cc2c(cc1O)[C@@H](Cc1ccc3ccccc3c1)NCC2. The zero-order valence-electron chi connectivity index (χ0n) is 13.2. The Kier molecular flexibility index (Phi) is 4.78. The normalized spacial score (nSPS) is 16.4. The van der Waals surface area contributed by atoms with Gasteiger partial charge < -0.3 is 15.5 Å². The molecule has 0 spiro atoms. The first-order valence-electron chi connectivity index (χ1n) is 7.96. The Morgan fingerprint density at radius 2 is 1.67 bits per heavy atom. The summed E-state index contributed by atoms with van der Waals surface area (Å²) in [5, 5.41) is 25.5. The van der Waals surface area contributed by atoms with Crippen LogP contribution >= 0.6 is 17.0 Å². The van der Waals surface area contributed by atoms with E-state index in [0.717, 1.165) is 30.5 Å². The highest BCUT2D eigenvalue weighted by Crippen LogP contribution is 2.35. The second-order valence-corrected chi connectivity index (χ2v) is 6.18. The van der Waals surface area contributed by atoms with Gasteiger partial charge in [-0.3, -0.25) is 0 Å². The smallest absolute Gasteiger partial charge is 0.157 e. The molecule has 0 radical (unpaired) electrons. The molecule has 1 aliphatic heterocycles. The van der Waals surface area contributed by atoms with Crippen molar-refractivity contribution >= 4 is 27.8 Å². The minimum absolute atomic E-state index is 0. The predicted molar refractivity (Wildman–Crippen MR) is 102 cm³/mol. The molecule has 1 heterocycles. The van der Waals surface area contributed by atoms with Gasteiger partial charge in [0.1, 0.15) is 0 Å². The van der Waals surface area contributed by atoms with E-state index < -0.39 is 0 Å². The molecule has 0 aromatic heterocycles. The third kappa shape index (κ3) is 3.12. The van der Waals surface area contributed by atoms with E-state index in [1.807, 2.05) is 0 Å². The average Bonchev–Trinajstić information content (AvgIpc) is 2.56. The molecule has 3 aromatic carbocycles. The Morgan fingerprint density at radius 3 is 2.50 bits per heavy atom. The highest BCUT2D eigenvalue weighted by atomic mass is 79.9. The molecule has 124 valence electrons. The molecule has 0 saturated carbocycles. The number of aromatic hydroxyl groups is 2. The van der Waals surface area contributed by atoms with Gasteiger partial charge in [-0.1, -0.05) is 42.5 Å². The highest BCUT2D eigenvalue weighted by molar-refractivity contribution is 8.93. The number of phenols is 2. The lowest BCUT2D eigenvalue weighted by Crippen LogP contribution is -2.31. The molecule has 1 atom stereocenters. The quantitative estimate of drug-likeness (QED) is 0.577. The molecule has 24 heavy (non-hydrogen) atoms. The molecule has 4 rings (SSSR count). The van der Waals surface area contributed by atoms with E-state index in [2.05, 4.69) is 47.8 Å². The molecular weight excluding hydrogens is 366 g/mol. The molecule has 0 unspecified atom stereocenters. The average molecular weight is 386 g/mol. The van der Waals surface area contributed by atoms with Crippen LogP contribution in [0.2, 0.25) is 0 Å². The molecule has 1 aliphatic rings. The Labute approximate surface area is 151 Å². The second kappa shape index (κ2) is 6.83. The van der Waals surface area contributed by atoms with Gasteiger partial charge in [0.25, 0.3) is 0 Å². The summed E-state index contributed by atoms with van der Waals surface area (Å²) in [5.41, 5.74) is 3.46. The maximum Gasteiger partial charge on any atom is 0.157 e. The molecule has 0 saturated heterocycles. The number of rotatable bonds is 2. The molecule has 0 fully saturated rings. The zero-order valence-corrected chi connectivity index (χ0v) is 14.9. The molecule has 0 amide bonds. The lowest BCUT2D eigenvalue weighted by molar-refractivity contribution is 0.398. The van der Waals surface area contributed by atoms with Crippen LogP contribution in [-0.4, -0.2) is 16.8 Å². The van der Waals surface area contributed by atoms with Crippen LogP contribution in [0.4, 0.5) is 0 Å². The van der Waals surface area contributed by atoms with Crippen molar-refractivity contribution < 1.29 is 10.2 Å². The van der Waals surface area contributed by atoms with Crippen LogP contribution in [0.15, 0.2) is 54.6 Å². The standard InChI is InChI=1S/C20H19NO2.BrH/c22-19-11-16-7-8-21-18(17(16)12-20(19)23)10-13-5-6-14-3-1-2-4-15(14)9-13;/h1-6,9,11-12,18,21-23H,7-8,10H2;1H/t18-;/m1./s1. The van der Waals surface area contributed by atoms with Crippen LogP contribution in [-0.2, 0) is 12.8 Å². The molecule has 3 aromatic rings. The minimum Gasteiger partial charge on any atom is -0.504 e. The third-order valence-electron chi connectivity index (χ3n) is 4.65. The van der Waals surface area contributed by atoms with Crippen LogP contribution in [0.1, 0.15) is 22.7 Å². The lowest BCUT2D eigenvalue weighted by Gasteiger charge is -2.27. The van der Waals surface area contributed by atoms with Crippen molar-refractivity contribution in [1.82, 2.24) is 5.32 Å². The number of hydrogen-bond acceptors (Lipinski definition) is 3. The van der Waals surface area contributed by atoms with Gasteiger partial charge in [0.15, 0.2) is 11.5 Å². The number of phenolic OH excluding ortho intramolecular Hbond substituents is 2. The first kappa shape index (κ1) is 16.8. The van der Waals surface area contributed by atoms with Crippen molar-refractivity contribution in [3.8, 4) is 11.5 Å². The van der Waals surface area contributed by atoms with Crippen molar-refractivity contribution in [2.24, 2.45) is 0 Å².